The molecule has 4 heteroatoms. The largest absolute Gasteiger partial charge is 0.493 e. The van der Waals surface area contributed by atoms with Gasteiger partial charge in [0.05, 0.1) is 19.8 Å². The van der Waals surface area contributed by atoms with Gasteiger partial charge < -0.3 is 14.4 Å². The number of amides is 1. The number of morpholine rings is 1. The fourth-order valence-corrected chi connectivity index (χ4v) is 1.93. The number of carbonyl (C=O) groups is 1. The fourth-order valence-electron chi connectivity index (χ4n) is 1.93. The molecule has 1 saturated heterocycles. The lowest BCUT2D eigenvalue weighted by atomic mass is 10.1. The van der Waals surface area contributed by atoms with E-state index in [9.17, 15) is 4.79 Å². The van der Waals surface area contributed by atoms with Crippen molar-refractivity contribution in [3.8, 4) is 5.75 Å². The quantitative estimate of drug-likeness (QED) is 0.836. The lowest BCUT2D eigenvalue weighted by molar-refractivity contribution is 0.0302. The molecule has 0 aromatic heterocycles. The van der Waals surface area contributed by atoms with Crippen LogP contribution in [0.4, 0.5) is 0 Å². The van der Waals surface area contributed by atoms with Crippen LogP contribution in [-0.2, 0) is 4.74 Å². The summed E-state index contributed by atoms with van der Waals surface area (Å²) in [7, 11) is 0. The molecule has 1 fully saturated rings. The third-order valence-corrected chi connectivity index (χ3v) is 2.96. The predicted molar refractivity (Wildman–Crippen MR) is 73.5 cm³/mol. The summed E-state index contributed by atoms with van der Waals surface area (Å²) in [5.74, 6) is 1.28. The van der Waals surface area contributed by atoms with Gasteiger partial charge in [0.2, 0.25) is 0 Å². The van der Waals surface area contributed by atoms with Crippen LogP contribution >= 0.6 is 0 Å². The Labute approximate surface area is 114 Å². The number of hydrogen-bond donors (Lipinski definition) is 0. The van der Waals surface area contributed by atoms with Gasteiger partial charge in [-0.15, -0.1) is 0 Å². The van der Waals surface area contributed by atoms with Gasteiger partial charge in [-0.2, -0.15) is 0 Å². The number of ether oxygens (including phenoxy) is 2. The summed E-state index contributed by atoms with van der Waals surface area (Å²) in [6.45, 7) is 7.43. The molecule has 4 nitrogen and oxygen atoms in total. The molecule has 19 heavy (non-hydrogen) atoms. The fraction of sp³-hybridized carbons (Fsp3) is 0.533. The molecule has 0 atom stereocenters. The molecule has 1 aliphatic heterocycles. The summed E-state index contributed by atoms with van der Waals surface area (Å²) >= 11 is 0. The molecule has 1 heterocycles. The topological polar surface area (TPSA) is 38.8 Å². The van der Waals surface area contributed by atoms with Crippen LogP contribution in [0.15, 0.2) is 24.3 Å². The average Bonchev–Trinajstić information content (AvgIpc) is 2.45. The monoisotopic (exact) mass is 263 g/mol. The van der Waals surface area contributed by atoms with Gasteiger partial charge in [-0.1, -0.05) is 19.9 Å². The van der Waals surface area contributed by atoms with Crippen molar-refractivity contribution in [2.45, 2.75) is 13.8 Å². The van der Waals surface area contributed by atoms with Crippen LogP contribution in [0.25, 0.3) is 0 Å². The maximum Gasteiger partial charge on any atom is 0.254 e. The first-order chi connectivity index (χ1) is 9.16. The first-order valence-electron chi connectivity index (χ1n) is 6.76. The Morgan fingerprint density at radius 2 is 2.11 bits per heavy atom. The van der Waals surface area contributed by atoms with Gasteiger partial charge in [-0.05, 0) is 24.1 Å². The van der Waals surface area contributed by atoms with E-state index >= 15 is 0 Å². The zero-order chi connectivity index (χ0) is 13.7. The molecule has 0 N–H and O–H groups in total. The molecule has 1 aliphatic rings. The Morgan fingerprint density at radius 1 is 1.37 bits per heavy atom. The van der Waals surface area contributed by atoms with Gasteiger partial charge >= 0.3 is 0 Å². The molecular formula is C15H21NO3. The van der Waals surface area contributed by atoms with E-state index in [2.05, 4.69) is 13.8 Å². The van der Waals surface area contributed by atoms with E-state index in [0.717, 1.165) is 5.75 Å². The minimum absolute atomic E-state index is 0.0540. The summed E-state index contributed by atoms with van der Waals surface area (Å²) in [5.41, 5.74) is 0.683. The maximum atomic E-state index is 12.3. The first-order valence-corrected chi connectivity index (χ1v) is 6.76. The Balaban J connectivity index is 2.02. The van der Waals surface area contributed by atoms with Gasteiger partial charge in [0.25, 0.3) is 5.91 Å². The number of hydrogen-bond acceptors (Lipinski definition) is 3. The van der Waals surface area contributed by atoms with E-state index < -0.39 is 0 Å². The summed E-state index contributed by atoms with van der Waals surface area (Å²) in [6.07, 6.45) is 0. The van der Waals surface area contributed by atoms with Gasteiger partial charge in [0, 0.05) is 18.7 Å². The number of benzene rings is 1. The smallest absolute Gasteiger partial charge is 0.254 e. The molecule has 1 aromatic rings. The lowest BCUT2D eigenvalue weighted by Crippen LogP contribution is -2.40. The number of carbonyl (C=O) groups excluding carboxylic acids is 1. The number of rotatable bonds is 4. The normalized spacial score (nSPS) is 15.6. The van der Waals surface area contributed by atoms with E-state index in [4.69, 9.17) is 9.47 Å². The second kappa shape index (κ2) is 6.57. The molecular weight excluding hydrogens is 242 g/mol. The van der Waals surface area contributed by atoms with Crippen molar-refractivity contribution in [1.82, 2.24) is 4.90 Å². The molecule has 0 spiro atoms. The molecule has 104 valence electrons. The molecule has 0 unspecified atom stereocenters. The van der Waals surface area contributed by atoms with Crippen LogP contribution in [0.5, 0.6) is 5.75 Å². The van der Waals surface area contributed by atoms with Crippen LogP contribution in [0, 0.1) is 5.92 Å². The van der Waals surface area contributed by atoms with Crippen molar-refractivity contribution in [2.24, 2.45) is 5.92 Å². The zero-order valence-electron chi connectivity index (χ0n) is 11.6. The second-order valence-corrected chi connectivity index (χ2v) is 5.14. The summed E-state index contributed by atoms with van der Waals surface area (Å²) < 4.78 is 10.9. The Morgan fingerprint density at radius 3 is 2.79 bits per heavy atom. The van der Waals surface area contributed by atoms with Crippen molar-refractivity contribution in [3.63, 3.8) is 0 Å². The summed E-state index contributed by atoms with van der Waals surface area (Å²) in [5, 5.41) is 0. The van der Waals surface area contributed by atoms with Crippen LogP contribution in [0.2, 0.25) is 0 Å². The second-order valence-electron chi connectivity index (χ2n) is 5.14. The third kappa shape index (κ3) is 3.96. The molecule has 0 aliphatic carbocycles. The predicted octanol–water partition coefficient (Wildman–Crippen LogP) is 2.19. The van der Waals surface area contributed by atoms with Crippen molar-refractivity contribution < 1.29 is 14.3 Å². The van der Waals surface area contributed by atoms with Gasteiger partial charge in [0.15, 0.2) is 0 Å². The zero-order valence-corrected chi connectivity index (χ0v) is 11.6. The maximum absolute atomic E-state index is 12.3. The highest BCUT2D eigenvalue weighted by Crippen LogP contribution is 2.16. The summed E-state index contributed by atoms with van der Waals surface area (Å²) in [4.78, 5) is 14.1. The van der Waals surface area contributed by atoms with Crippen molar-refractivity contribution in [2.75, 3.05) is 32.9 Å². The third-order valence-electron chi connectivity index (χ3n) is 2.96. The van der Waals surface area contributed by atoms with Crippen LogP contribution in [-0.4, -0.2) is 43.7 Å². The first kappa shape index (κ1) is 13.9. The highest BCUT2D eigenvalue weighted by molar-refractivity contribution is 5.94. The Bertz CT molecular complexity index is 425. The standard InChI is InChI=1S/C15H21NO3/c1-12(2)11-19-14-5-3-4-13(10-14)15(17)16-6-8-18-9-7-16/h3-5,10,12H,6-9,11H2,1-2H3. The van der Waals surface area contributed by atoms with E-state index in [1.54, 1.807) is 0 Å². The van der Waals surface area contributed by atoms with Crippen LogP contribution < -0.4 is 4.74 Å². The van der Waals surface area contributed by atoms with Crippen molar-refractivity contribution in [3.05, 3.63) is 29.8 Å². The lowest BCUT2D eigenvalue weighted by Gasteiger charge is -2.27. The van der Waals surface area contributed by atoms with E-state index in [0.29, 0.717) is 44.4 Å². The molecule has 0 radical (unpaired) electrons. The SMILES string of the molecule is CC(C)COc1cccc(C(=O)N2CCOCC2)c1. The Kier molecular flexibility index (Phi) is 4.80. The van der Waals surface area contributed by atoms with Crippen LogP contribution in [0.3, 0.4) is 0 Å². The van der Waals surface area contributed by atoms with Crippen molar-refractivity contribution in [1.29, 1.82) is 0 Å². The van der Waals surface area contributed by atoms with Crippen molar-refractivity contribution >= 4 is 5.91 Å². The molecule has 1 amide bonds. The van der Waals surface area contributed by atoms with Gasteiger partial charge in [-0.3, -0.25) is 4.79 Å². The van der Waals surface area contributed by atoms with Gasteiger partial charge in [0.1, 0.15) is 5.75 Å². The minimum atomic E-state index is 0.0540. The van der Waals surface area contributed by atoms with Gasteiger partial charge in [-0.25, -0.2) is 0 Å². The van der Waals surface area contributed by atoms with E-state index in [1.165, 1.54) is 0 Å². The highest BCUT2D eigenvalue weighted by atomic mass is 16.5. The average molecular weight is 263 g/mol. The molecule has 0 bridgehead atoms. The molecule has 1 aromatic carbocycles. The van der Waals surface area contributed by atoms with Crippen LogP contribution in [0.1, 0.15) is 24.2 Å². The molecule has 0 saturated carbocycles. The number of nitrogens with zero attached hydrogens (tertiary/aromatic N) is 1. The van der Waals surface area contributed by atoms with E-state index in [1.807, 2.05) is 29.2 Å². The molecule has 2 rings (SSSR count). The Hall–Kier alpha value is -1.55. The summed E-state index contributed by atoms with van der Waals surface area (Å²) in [6, 6.07) is 7.40. The highest BCUT2D eigenvalue weighted by Gasteiger charge is 2.18. The van der Waals surface area contributed by atoms with E-state index in [-0.39, 0.29) is 5.91 Å². The minimum Gasteiger partial charge on any atom is -0.493 e.